The zero-order valence-corrected chi connectivity index (χ0v) is 16.5. The zero-order chi connectivity index (χ0) is 19.0. The number of H-pyrrole nitrogens is 1. The Balaban J connectivity index is 1.18. The molecule has 3 aromatic rings. The number of hydrogen-bond donors (Lipinski definition) is 2. The molecule has 1 saturated heterocycles. The summed E-state index contributed by atoms with van der Waals surface area (Å²) >= 11 is 1.71. The minimum Gasteiger partial charge on any atom is -0.355 e. The molecule has 3 heterocycles. The molecule has 0 spiro atoms. The molecule has 1 aliphatic heterocycles. The van der Waals surface area contributed by atoms with Crippen molar-refractivity contribution in [1.29, 1.82) is 0 Å². The summed E-state index contributed by atoms with van der Waals surface area (Å²) in [4.78, 5) is 16.5. The lowest BCUT2D eigenvalue weighted by atomic mass is 9.94. The Bertz CT molecular complexity index is 938. The van der Waals surface area contributed by atoms with E-state index in [0.717, 1.165) is 55.8 Å². The number of carbonyl (C=O) groups excluding carboxylic acids is 1. The maximum Gasteiger partial charge on any atom is 0.230 e. The van der Waals surface area contributed by atoms with Gasteiger partial charge in [0.25, 0.3) is 0 Å². The van der Waals surface area contributed by atoms with Gasteiger partial charge < -0.3 is 10.2 Å². The van der Waals surface area contributed by atoms with E-state index >= 15 is 0 Å². The van der Waals surface area contributed by atoms with Gasteiger partial charge >= 0.3 is 0 Å². The number of benzene rings is 1. The molecule has 5 rings (SSSR count). The first-order valence-electron chi connectivity index (χ1n) is 9.95. The predicted molar refractivity (Wildman–Crippen MR) is 113 cm³/mol. The maximum atomic E-state index is 12.9. The number of rotatable bonds is 5. The molecule has 0 atom stereocenters. The molecule has 2 fully saturated rings. The number of piperidine rings is 1. The summed E-state index contributed by atoms with van der Waals surface area (Å²) in [5.74, 6) is 1.20. The average molecular weight is 393 g/mol. The Morgan fingerprint density at radius 2 is 1.93 bits per heavy atom. The summed E-state index contributed by atoms with van der Waals surface area (Å²) in [7, 11) is 0. The number of nitrogens with one attached hydrogen (secondary N) is 2. The molecule has 1 aromatic carbocycles. The van der Waals surface area contributed by atoms with E-state index in [2.05, 4.69) is 56.1 Å². The van der Waals surface area contributed by atoms with Crippen molar-refractivity contribution in [2.45, 2.75) is 37.1 Å². The molecular formula is C22H24N4OS. The van der Waals surface area contributed by atoms with Gasteiger partial charge in [0, 0.05) is 25.2 Å². The van der Waals surface area contributed by atoms with E-state index in [9.17, 15) is 4.79 Å². The van der Waals surface area contributed by atoms with Crippen LogP contribution in [0.3, 0.4) is 0 Å². The first-order valence-corrected chi connectivity index (χ1v) is 10.8. The van der Waals surface area contributed by atoms with Crippen molar-refractivity contribution in [1.82, 2.24) is 15.5 Å². The molecule has 28 heavy (non-hydrogen) atoms. The first kappa shape index (κ1) is 17.5. The van der Waals surface area contributed by atoms with Crippen LogP contribution in [0.2, 0.25) is 0 Å². The Kier molecular flexibility index (Phi) is 4.43. The molecule has 0 radical (unpaired) electrons. The molecule has 0 unspecified atom stereocenters. The van der Waals surface area contributed by atoms with Gasteiger partial charge in [-0.15, -0.1) is 11.3 Å². The van der Waals surface area contributed by atoms with E-state index in [1.54, 1.807) is 11.3 Å². The van der Waals surface area contributed by atoms with Crippen LogP contribution in [0, 0.1) is 0 Å². The van der Waals surface area contributed by atoms with Gasteiger partial charge in [-0.25, -0.2) is 0 Å². The number of hydrogen-bond acceptors (Lipinski definition) is 4. The number of nitrogens with zero attached hydrogens (tertiary/aromatic N) is 2. The number of aromatic amines is 1. The fraction of sp³-hybridized carbons (Fsp3) is 0.364. The Morgan fingerprint density at radius 3 is 2.61 bits per heavy atom. The molecule has 0 bridgehead atoms. The van der Waals surface area contributed by atoms with Crippen LogP contribution in [0.15, 0.2) is 53.9 Å². The van der Waals surface area contributed by atoms with Crippen LogP contribution in [0.25, 0.3) is 10.6 Å². The largest absolute Gasteiger partial charge is 0.355 e. The fourth-order valence-electron chi connectivity index (χ4n) is 4.14. The first-order chi connectivity index (χ1) is 13.7. The van der Waals surface area contributed by atoms with E-state index in [1.807, 2.05) is 18.2 Å². The van der Waals surface area contributed by atoms with Gasteiger partial charge in [0.2, 0.25) is 5.91 Å². The maximum absolute atomic E-state index is 12.9. The van der Waals surface area contributed by atoms with E-state index in [1.165, 1.54) is 4.88 Å². The molecule has 2 N–H and O–H groups in total. The third kappa shape index (κ3) is 3.22. The van der Waals surface area contributed by atoms with E-state index in [-0.39, 0.29) is 17.4 Å². The van der Waals surface area contributed by atoms with Crippen LogP contribution >= 0.6 is 11.3 Å². The molecular weight excluding hydrogens is 368 g/mol. The number of aromatic nitrogens is 2. The van der Waals surface area contributed by atoms with E-state index in [0.29, 0.717) is 0 Å². The van der Waals surface area contributed by atoms with E-state index in [4.69, 9.17) is 0 Å². The standard InChI is InChI=1S/C22H24N4OS/c27-21(22(10-11-22)16-5-2-1-3-6-16)23-17-8-12-26(13-9-17)20-15-18(24-25-20)19-7-4-14-28-19/h1-7,14-15,17H,8-13H2,(H,23,27)(H,24,25). The number of amides is 1. The number of thiophene rings is 1. The summed E-state index contributed by atoms with van der Waals surface area (Å²) in [5, 5.41) is 13.0. The third-order valence-electron chi connectivity index (χ3n) is 6.02. The van der Waals surface area contributed by atoms with Crippen molar-refractivity contribution in [2.75, 3.05) is 18.0 Å². The zero-order valence-electron chi connectivity index (χ0n) is 15.7. The second kappa shape index (κ2) is 7.09. The molecule has 6 heteroatoms. The van der Waals surface area contributed by atoms with Crippen LogP contribution in [0.5, 0.6) is 0 Å². The lowest BCUT2D eigenvalue weighted by Gasteiger charge is -2.33. The van der Waals surface area contributed by atoms with Gasteiger partial charge in [0.05, 0.1) is 16.0 Å². The van der Waals surface area contributed by atoms with E-state index < -0.39 is 0 Å². The molecule has 2 aromatic heterocycles. The number of carbonyl (C=O) groups is 1. The summed E-state index contributed by atoms with van der Waals surface area (Å²) < 4.78 is 0. The summed E-state index contributed by atoms with van der Waals surface area (Å²) in [6, 6.07) is 16.7. The van der Waals surface area contributed by atoms with Gasteiger partial charge in [-0.2, -0.15) is 5.10 Å². The average Bonchev–Trinajstić information content (AvgIpc) is 3.14. The third-order valence-corrected chi connectivity index (χ3v) is 6.92. The lowest BCUT2D eigenvalue weighted by Crippen LogP contribution is -2.47. The Hall–Kier alpha value is -2.60. The van der Waals surface area contributed by atoms with Crippen LogP contribution in [0.1, 0.15) is 31.2 Å². The molecule has 2 aliphatic rings. The summed E-state index contributed by atoms with van der Waals surface area (Å²) in [6.45, 7) is 1.83. The SMILES string of the molecule is O=C(NC1CCN(c2cc(-c3cccs3)[nH]n2)CC1)C1(c2ccccc2)CC1. The molecule has 1 saturated carbocycles. The van der Waals surface area contributed by atoms with Crippen molar-refractivity contribution in [3.8, 4) is 10.6 Å². The highest BCUT2D eigenvalue weighted by atomic mass is 32.1. The van der Waals surface area contributed by atoms with Gasteiger partial charge in [-0.1, -0.05) is 36.4 Å². The smallest absolute Gasteiger partial charge is 0.230 e. The van der Waals surface area contributed by atoms with Crippen LogP contribution in [0.4, 0.5) is 5.82 Å². The summed E-state index contributed by atoms with van der Waals surface area (Å²) in [5.41, 5.74) is 1.94. The van der Waals surface area contributed by atoms with Gasteiger partial charge in [0.15, 0.2) is 5.82 Å². The molecule has 5 nitrogen and oxygen atoms in total. The van der Waals surface area contributed by atoms with Crippen LogP contribution < -0.4 is 10.2 Å². The van der Waals surface area contributed by atoms with Gasteiger partial charge in [-0.3, -0.25) is 9.89 Å². The minimum atomic E-state index is -0.282. The predicted octanol–water partition coefficient (Wildman–Crippen LogP) is 3.96. The van der Waals surface area contributed by atoms with Crippen molar-refractivity contribution in [3.63, 3.8) is 0 Å². The van der Waals surface area contributed by atoms with Crippen molar-refractivity contribution in [3.05, 3.63) is 59.5 Å². The topological polar surface area (TPSA) is 61.0 Å². The Morgan fingerprint density at radius 1 is 1.14 bits per heavy atom. The summed E-state index contributed by atoms with van der Waals surface area (Å²) in [6.07, 6.45) is 3.83. The monoisotopic (exact) mass is 392 g/mol. The van der Waals surface area contributed by atoms with Crippen LogP contribution in [-0.2, 0) is 10.2 Å². The second-order valence-corrected chi connectivity index (χ2v) is 8.75. The fourth-order valence-corrected chi connectivity index (χ4v) is 4.83. The number of anilines is 1. The lowest BCUT2D eigenvalue weighted by molar-refractivity contribution is -0.124. The van der Waals surface area contributed by atoms with Crippen molar-refractivity contribution < 1.29 is 4.79 Å². The molecule has 144 valence electrons. The highest BCUT2D eigenvalue weighted by Gasteiger charge is 2.51. The molecule has 1 amide bonds. The Labute approximate surface area is 168 Å². The van der Waals surface area contributed by atoms with Crippen molar-refractivity contribution >= 4 is 23.1 Å². The van der Waals surface area contributed by atoms with Crippen LogP contribution in [-0.4, -0.2) is 35.2 Å². The highest BCUT2D eigenvalue weighted by Crippen LogP contribution is 2.48. The molecule has 1 aliphatic carbocycles. The van der Waals surface area contributed by atoms with Gasteiger partial charge in [-0.05, 0) is 42.7 Å². The van der Waals surface area contributed by atoms with Gasteiger partial charge in [0.1, 0.15) is 0 Å². The normalized spacial score (nSPS) is 18.8. The second-order valence-electron chi connectivity index (χ2n) is 7.80. The highest BCUT2D eigenvalue weighted by molar-refractivity contribution is 7.13. The minimum absolute atomic E-state index is 0.205. The van der Waals surface area contributed by atoms with Crippen molar-refractivity contribution in [2.24, 2.45) is 0 Å². The quantitative estimate of drug-likeness (QED) is 0.691.